The van der Waals surface area contributed by atoms with Crippen LogP contribution in [0.5, 0.6) is 11.5 Å². The molecule has 33 heavy (non-hydrogen) atoms. The lowest BCUT2D eigenvalue weighted by Crippen LogP contribution is -2.52. The van der Waals surface area contributed by atoms with E-state index >= 15 is 0 Å². The maximum absolute atomic E-state index is 13.3. The van der Waals surface area contributed by atoms with E-state index in [9.17, 15) is 9.59 Å². The van der Waals surface area contributed by atoms with Gasteiger partial charge in [-0.3, -0.25) is 9.69 Å². The molecule has 2 heterocycles. The summed E-state index contributed by atoms with van der Waals surface area (Å²) < 4.78 is 11.3. The monoisotopic (exact) mass is 471 g/mol. The number of rotatable bonds is 5. The van der Waals surface area contributed by atoms with Crippen molar-refractivity contribution in [2.45, 2.75) is 39.3 Å². The van der Waals surface area contributed by atoms with Crippen molar-refractivity contribution in [3.05, 3.63) is 53.1 Å². The summed E-state index contributed by atoms with van der Waals surface area (Å²) in [4.78, 5) is 29.5. The molecule has 7 nitrogen and oxygen atoms in total. The zero-order valence-corrected chi connectivity index (χ0v) is 19.8. The highest BCUT2D eigenvalue weighted by atomic mass is 35.5. The number of anilines is 1. The minimum absolute atomic E-state index is 0.0353. The minimum Gasteiger partial charge on any atom is -0.494 e. The number of nitrogens with zero attached hydrogens (tertiary/aromatic N) is 2. The average molecular weight is 472 g/mol. The van der Waals surface area contributed by atoms with Crippen molar-refractivity contribution in [2.75, 3.05) is 31.1 Å². The van der Waals surface area contributed by atoms with Crippen LogP contribution in [-0.4, -0.2) is 49.2 Å². The van der Waals surface area contributed by atoms with Crippen LogP contribution in [0.2, 0.25) is 5.02 Å². The fourth-order valence-electron chi connectivity index (χ4n) is 4.30. The number of amides is 3. The van der Waals surface area contributed by atoms with Gasteiger partial charge in [-0.25, -0.2) is 4.79 Å². The highest BCUT2D eigenvalue weighted by molar-refractivity contribution is 6.31. The molecule has 4 rings (SSSR count). The van der Waals surface area contributed by atoms with Gasteiger partial charge >= 0.3 is 6.03 Å². The fraction of sp³-hybridized carbons (Fsp3) is 0.440. The summed E-state index contributed by atoms with van der Waals surface area (Å²) in [7, 11) is 0. The lowest BCUT2D eigenvalue weighted by molar-refractivity contribution is -0.126. The Labute approximate surface area is 199 Å². The molecular formula is C25H30ClN3O4. The normalized spacial score (nSPS) is 18.3. The van der Waals surface area contributed by atoms with Crippen LogP contribution < -0.4 is 19.7 Å². The molecule has 0 spiro atoms. The summed E-state index contributed by atoms with van der Waals surface area (Å²) in [6, 6.07) is 13.0. The number of halogens is 1. The molecule has 2 aliphatic heterocycles. The molecule has 1 fully saturated rings. The Bertz CT molecular complexity index is 990. The molecule has 1 N–H and O–H groups in total. The SMILES string of the molecule is CCOc1ccc(CNC(=O)C2CCN(C(=O)N3C[C@@H](C)Oc4ccc(Cl)cc43)CC2)cc1. The van der Waals surface area contributed by atoms with Gasteiger partial charge in [0, 0.05) is 30.6 Å². The van der Waals surface area contributed by atoms with Crippen molar-refractivity contribution in [3.63, 3.8) is 0 Å². The standard InChI is InChI=1S/C25H30ClN3O4/c1-3-32-21-7-4-18(5-8-21)15-27-24(30)19-10-12-28(13-11-19)25(31)29-16-17(2)33-23-9-6-20(26)14-22(23)29/h4-9,14,17,19H,3,10-13,15-16H2,1-2H3,(H,27,30)/t17-/m1/s1. The van der Waals surface area contributed by atoms with Gasteiger partial charge in [0.1, 0.15) is 17.6 Å². The summed E-state index contributed by atoms with van der Waals surface area (Å²) in [6.07, 6.45) is 1.18. The number of nitrogens with one attached hydrogen (secondary N) is 1. The Morgan fingerprint density at radius 2 is 1.88 bits per heavy atom. The quantitative estimate of drug-likeness (QED) is 0.698. The zero-order valence-electron chi connectivity index (χ0n) is 19.1. The number of hydrogen-bond donors (Lipinski definition) is 1. The fourth-order valence-corrected chi connectivity index (χ4v) is 4.47. The van der Waals surface area contributed by atoms with Crippen LogP contribution in [0.25, 0.3) is 0 Å². The number of fused-ring (bicyclic) bond motifs is 1. The van der Waals surface area contributed by atoms with Gasteiger partial charge in [-0.15, -0.1) is 0 Å². The van der Waals surface area contributed by atoms with Crippen molar-refractivity contribution in [3.8, 4) is 11.5 Å². The summed E-state index contributed by atoms with van der Waals surface area (Å²) in [6.45, 7) is 6.55. The lowest BCUT2D eigenvalue weighted by atomic mass is 9.96. The van der Waals surface area contributed by atoms with Gasteiger partial charge < -0.3 is 19.7 Å². The first kappa shape index (κ1) is 23.2. The highest BCUT2D eigenvalue weighted by Crippen LogP contribution is 2.36. The third-order valence-corrected chi connectivity index (χ3v) is 6.28. The molecule has 2 aliphatic rings. The minimum atomic E-state index is -0.103. The average Bonchev–Trinajstić information content (AvgIpc) is 2.83. The molecule has 3 amide bonds. The van der Waals surface area contributed by atoms with Crippen LogP contribution >= 0.6 is 11.6 Å². The number of carbonyl (C=O) groups excluding carboxylic acids is 2. The van der Waals surface area contributed by atoms with E-state index in [2.05, 4.69) is 5.32 Å². The van der Waals surface area contributed by atoms with E-state index in [1.807, 2.05) is 43.0 Å². The summed E-state index contributed by atoms with van der Waals surface area (Å²) in [5.41, 5.74) is 1.72. The molecule has 0 saturated carbocycles. The number of hydrogen-bond acceptors (Lipinski definition) is 4. The largest absolute Gasteiger partial charge is 0.494 e. The molecule has 0 bridgehead atoms. The molecule has 2 aromatic rings. The molecule has 0 unspecified atom stereocenters. The number of likely N-dealkylation sites (tertiary alicyclic amines) is 1. The number of ether oxygens (including phenoxy) is 2. The summed E-state index contributed by atoms with van der Waals surface area (Å²) in [5.74, 6) is 1.43. The molecule has 1 atom stereocenters. The molecule has 2 aromatic carbocycles. The topological polar surface area (TPSA) is 71.1 Å². The van der Waals surface area contributed by atoms with E-state index in [0.717, 1.165) is 11.3 Å². The van der Waals surface area contributed by atoms with Crippen LogP contribution in [-0.2, 0) is 11.3 Å². The van der Waals surface area contributed by atoms with E-state index in [-0.39, 0.29) is 24.0 Å². The van der Waals surface area contributed by atoms with Crippen molar-refractivity contribution in [2.24, 2.45) is 5.92 Å². The van der Waals surface area contributed by atoms with E-state index in [1.54, 1.807) is 23.1 Å². The summed E-state index contributed by atoms with van der Waals surface area (Å²) in [5, 5.41) is 3.59. The number of piperidine rings is 1. The van der Waals surface area contributed by atoms with Gasteiger partial charge in [-0.05, 0) is 62.6 Å². The van der Waals surface area contributed by atoms with Crippen LogP contribution in [0.3, 0.4) is 0 Å². The van der Waals surface area contributed by atoms with Crippen molar-refractivity contribution < 1.29 is 19.1 Å². The first-order chi connectivity index (χ1) is 15.9. The van der Waals surface area contributed by atoms with Gasteiger partial charge in [0.2, 0.25) is 5.91 Å². The van der Waals surface area contributed by atoms with E-state index < -0.39 is 0 Å². The molecule has 0 radical (unpaired) electrons. The second kappa shape index (κ2) is 10.3. The Morgan fingerprint density at radius 1 is 1.15 bits per heavy atom. The van der Waals surface area contributed by atoms with Crippen molar-refractivity contribution in [1.82, 2.24) is 10.2 Å². The Balaban J connectivity index is 1.30. The van der Waals surface area contributed by atoms with Crippen molar-refractivity contribution in [1.29, 1.82) is 0 Å². The first-order valence-corrected chi connectivity index (χ1v) is 11.8. The van der Waals surface area contributed by atoms with Gasteiger partial charge in [-0.2, -0.15) is 0 Å². The number of urea groups is 1. The second-order valence-corrected chi connectivity index (χ2v) is 8.93. The second-order valence-electron chi connectivity index (χ2n) is 8.49. The van der Waals surface area contributed by atoms with Crippen LogP contribution in [0.1, 0.15) is 32.3 Å². The Hall–Kier alpha value is -2.93. The Kier molecular flexibility index (Phi) is 7.28. The third-order valence-electron chi connectivity index (χ3n) is 6.05. The maximum Gasteiger partial charge on any atom is 0.324 e. The smallest absolute Gasteiger partial charge is 0.324 e. The van der Waals surface area contributed by atoms with Gasteiger partial charge in [0.15, 0.2) is 0 Å². The molecule has 8 heteroatoms. The molecule has 1 saturated heterocycles. The third kappa shape index (κ3) is 5.53. The van der Waals surface area contributed by atoms with Crippen LogP contribution in [0, 0.1) is 5.92 Å². The molecule has 0 aliphatic carbocycles. The first-order valence-electron chi connectivity index (χ1n) is 11.5. The summed E-state index contributed by atoms with van der Waals surface area (Å²) >= 11 is 6.16. The van der Waals surface area contributed by atoms with Gasteiger partial charge in [0.25, 0.3) is 0 Å². The van der Waals surface area contributed by atoms with Gasteiger partial charge in [0.05, 0.1) is 18.8 Å². The van der Waals surface area contributed by atoms with Gasteiger partial charge in [-0.1, -0.05) is 23.7 Å². The van der Waals surface area contributed by atoms with E-state index in [4.69, 9.17) is 21.1 Å². The predicted molar refractivity (Wildman–Crippen MR) is 128 cm³/mol. The molecule has 176 valence electrons. The van der Waals surface area contributed by atoms with E-state index in [1.165, 1.54) is 0 Å². The molecule has 0 aromatic heterocycles. The van der Waals surface area contributed by atoms with Crippen LogP contribution in [0.4, 0.5) is 10.5 Å². The number of carbonyl (C=O) groups is 2. The highest BCUT2D eigenvalue weighted by Gasteiger charge is 2.34. The molecular weight excluding hydrogens is 442 g/mol. The van der Waals surface area contributed by atoms with Crippen molar-refractivity contribution >= 4 is 29.2 Å². The maximum atomic E-state index is 13.3. The van der Waals surface area contributed by atoms with E-state index in [0.29, 0.717) is 62.1 Å². The van der Waals surface area contributed by atoms with Crippen LogP contribution in [0.15, 0.2) is 42.5 Å². The zero-order chi connectivity index (χ0) is 23.4. The lowest BCUT2D eigenvalue weighted by Gasteiger charge is -2.39. The predicted octanol–water partition coefficient (Wildman–Crippen LogP) is 4.47. The Morgan fingerprint density at radius 3 is 2.58 bits per heavy atom. The number of benzene rings is 2.